The van der Waals surface area contributed by atoms with Crippen molar-refractivity contribution in [3.8, 4) is 0 Å². The summed E-state index contributed by atoms with van der Waals surface area (Å²) >= 11 is 4.12. The second-order valence-electron chi connectivity index (χ2n) is 0. The van der Waals surface area contributed by atoms with E-state index in [0.717, 1.165) is 0 Å². The van der Waals surface area contributed by atoms with Crippen molar-refractivity contribution in [3.63, 3.8) is 0 Å². The summed E-state index contributed by atoms with van der Waals surface area (Å²) in [6.07, 6.45) is 0. The fourth-order valence-electron chi connectivity index (χ4n) is 0. The van der Waals surface area contributed by atoms with Gasteiger partial charge < -0.3 is 20.8 Å². The SMILES string of the molecule is [CH2-]C.[CH2-]C.[CH2-]C.[Ti+3][I]. The zero-order valence-electron chi connectivity index (χ0n) is 6.00. The van der Waals surface area contributed by atoms with Crippen molar-refractivity contribution in [1.82, 2.24) is 0 Å². The van der Waals surface area contributed by atoms with Crippen LogP contribution in [0, 0.1) is 20.8 Å². The molecule has 2 heteroatoms. The van der Waals surface area contributed by atoms with Crippen molar-refractivity contribution in [2.45, 2.75) is 20.8 Å². The molecule has 0 aliphatic rings. The molecule has 0 nitrogen and oxygen atoms in total. The van der Waals surface area contributed by atoms with E-state index in [1.165, 1.54) is 0 Å². The van der Waals surface area contributed by atoms with Crippen LogP contribution >= 0.6 is 19.2 Å². The summed E-state index contributed by atoms with van der Waals surface area (Å²) in [6.45, 7) is 15.0. The number of hydrogen-bond acceptors (Lipinski definition) is 0. The standard InChI is InChI=1S/3C2H5.HI.Ti/c3*1-2;;/h3*1H2,2H3;1H;/q3*-1;;+4/p-1. The molecular formula is C6H15ITi. The molecule has 0 radical (unpaired) electrons. The van der Waals surface area contributed by atoms with Gasteiger partial charge in [-0.3, -0.25) is 0 Å². The second kappa shape index (κ2) is 224. The number of rotatable bonds is 0. The van der Waals surface area contributed by atoms with Gasteiger partial charge in [-0.05, 0) is 0 Å². The van der Waals surface area contributed by atoms with E-state index in [1.54, 1.807) is 20.8 Å². The molecule has 0 saturated carbocycles. The summed E-state index contributed by atoms with van der Waals surface area (Å²) < 4.78 is 0. The van der Waals surface area contributed by atoms with Gasteiger partial charge in [-0.25, -0.2) is 0 Å². The van der Waals surface area contributed by atoms with Crippen molar-refractivity contribution in [2.24, 2.45) is 0 Å². The molecule has 0 amide bonds. The Bertz CT molecular complexity index is 8.49. The molecule has 0 aromatic carbocycles. The van der Waals surface area contributed by atoms with Crippen LogP contribution in [-0.4, -0.2) is 0 Å². The van der Waals surface area contributed by atoms with Gasteiger partial charge in [0.1, 0.15) is 0 Å². The minimum absolute atomic E-state index is 1.75. The summed E-state index contributed by atoms with van der Waals surface area (Å²) in [5.74, 6) is 0. The van der Waals surface area contributed by atoms with E-state index < -0.39 is 0 Å². The van der Waals surface area contributed by atoms with Crippen LogP contribution in [0.1, 0.15) is 20.8 Å². The Morgan fingerprint density at radius 1 is 0.750 bits per heavy atom. The first-order valence-electron chi connectivity index (χ1n) is 2.31. The minimum atomic E-state index is 1.75. The summed E-state index contributed by atoms with van der Waals surface area (Å²) in [5.41, 5.74) is 0. The molecule has 0 fully saturated rings. The number of hydrogen-bond donors (Lipinski definition) is 0. The molecule has 0 aromatic heterocycles. The number of halogens is 1. The van der Waals surface area contributed by atoms with Crippen molar-refractivity contribution in [3.05, 3.63) is 20.8 Å². The van der Waals surface area contributed by atoms with Gasteiger partial charge >= 0.3 is 35.9 Å². The quantitative estimate of drug-likeness (QED) is 0.356. The normalized spacial score (nSPS) is 3.12. The van der Waals surface area contributed by atoms with Crippen LogP contribution in [0.2, 0.25) is 0 Å². The first kappa shape index (κ1) is 22.7. The molecule has 50 valence electrons. The Morgan fingerprint density at radius 2 is 0.750 bits per heavy atom. The fourth-order valence-corrected chi connectivity index (χ4v) is 0. The van der Waals surface area contributed by atoms with E-state index >= 15 is 0 Å². The predicted octanol–water partition coefficient (Wildman–Crippen LogP) is 3.40. The van der Waals surface area contributed by atoms with Gasteiger partial charge in [0.15, 0.2) is 0 Å². The molecule has 0 aliphatic heterocycles. The van der Waals surface area contributed by atoms with E-state index in [1.807, 2.05) is 16.7 Å². The van der Waals surface area contributed by atoms with Gasteiger partial charge in [-0.15, -0.1) is 0 Å². The van der Waals surface area contributed by atoms with Crippen molar-refractivity contribution >= 4 is 19.2 Å². The van der Waals surface area contributed by atoms with Crippen molar-refractivity contribution in [1.29, 1.82) is 0 Å². The summed E-state index contributed by atoms with van der Waals surface area (Å²) in [5, 5.41) is 0. The average molecular weight is 262 g/mol. The third-order valence-corrected chi connectivity index (χ3v) is 0. The van der Waals surface area contributed by atoms with Crippen LogP contribution in [0.25, 0.3) is 0 Å². The molecule has 0 aliphatic carbocycles. The molecular weight excluding hydrogens is 247 g/mol. The van der Waals surface area contributed by atoms with E-state index in [9.17, 15) is 0 Å². The molecule has 0 bridgehead atoms. The summed E-state index contributed by atoms with van der Waals surface area (Å²) in [7, 11) is 0. The van der Waals surface area contributed by atoms with Crippen LogP contribution < -0.4 is 0 Å². The Hall–Kier alpha value is 1.44. The van der Waals surface area contributed by atoms with Gasteiger partial charge in [0.25, 0.3) is 0 Å². The Morgan fingerprint density at radius 3 is 0.750 bits per heavy atom. The second-order valence-corrected chi connectivity index (χ2v) is 0. The van der Waals surface area contributed by atoms with E-state index in [4.69, 9.17) is 0 Å². The maximum absolute atomic E-state index is 3.25. The van der Waals surface area contributed by atoms with E-state index in [-0.39, 0.29) is 0 Å². The zero-order chi connectivity index (χ0) is 8.00. The van der Waals surface area contributed by atoms with Crippen molar-refractivity contribution in [2.75, 3.05) is 0 Å². The van der Waals surface area contributed by atoms with Gasteiger partial charge in [-0.1, -0.05) is 0 Å². The van der Waals surface area contributed by atoms with Crippen LogP contribution in [0.4, 0.5) is 0 Å². The first-order valence-corrected chi connectivity index (χ1v) is 7.35. The van der Waals surface area contributed by atoms with E-state index in [2.05, 4.69) is 40.0 Å². The molecule has 0 unspecified atom stereocenters. The zero-order valence-corrected chi connectivity index (χ0v) is 9.72. The molecule has 8 heavy (non-hydrogen) atoms. The Labute approximate surface area is 76.9 Å². The van der Waals surface area contributed by atoms with Crippen LogP contribution in [0.15, 0.2) is 0 Å². The molecule has 0 spiro atoms. The molecule has 0 N–H and O–H groups in total. The predicted molar refractivity (Wildman–Crippen MR) is 47.1 cm³/mol. The Kier molecular flexibility index (Phi) is 637. The van der Waals surface area contributed by atoms with Crippen LogP contribution in [-0.2, 0) is 16.7 Å². The molecule has 0 aromatic rings. The maximum atomic E-state index is 3.25. The topological polar surface area (TPSA) is 0 Å². The van der Waals surface area contributed by atoms with Gasteiger partial charge in [0.05, 0.1) is 0 Å². The van der Waals surface area contributed by atoms with Crippen LogP contribution in [0.5, 0.6) is 0 Å². The molecule has 0 saturated heterocycles. The molecule has 0 atom stereocenters. The summed E-state index contributed by atoms with van der Waals surface area (Å²) in [4.78, 5) is 0. The molecule has 0 heterocycles. The van der Waals surface area contributed by atoms with Gasteiger partial charge in [-0.2, -0.15) is 20.8 Å². The van der Waals surface area contributed by atoms with Gasteiger partial charge in [0, 0.05) is 0 Å². The van der Waals surface area contributed by atoms with E-state index in [0.29, 0.717) is 0 Å². The monoisotopic (exact) mass is 262 g/mol. The van der Waals surface area contributed by atoms with Gasteiger partial charge in [0.2, 0.25) is 0 Å². The Balaban J connectivity index is -0.0000000133. The van der Waals surface area contributed by atoms with Crippen molar-refractivity contribution < 1.29 is 16.7 Å². The average Bonchev–Trinajstić information content (AvgIpc) is 2.03. The first-order chi connectivity index (χ1) is 4.00. The third kappa shape index (κ3) is 148. The summed E-state index contributed by atoms with van der Waals surface area (Å²) in [6, 6.07) is 0. The third-order valence-electron chi connectivity index (χ3n) is 0. The molecule has 0 rings (SSSR count). The van der Waals surface area contributed by atoms with Crippen LogP contribution in [0.3, 0.4) is 0 Å². The fraction of sp³-hybridized carbons (Fsp3) is 0.500.